The minimum absolute atomic E-state index is 0.0741. The van der Waals surface area contributed by atoms with Gasteiger partial charge in [-0.05, 0) is 18.6 Å². The van der Waals surface area contributed by atoms with Gasteiger partial charge in [-0.2, -0.15) is 8.42 Å². The third-order valence-electron chi connectivity index (χ3n) is 2.84. The second kappa shape index (κ2) is 9.26. The summed E-state index contributed by atoms with van der Waals surface area (Å²) in [6, 6.07) is 13.6. The molecule has 0 radical (unpaired) electrons. The van der Waals surface area contributed by atoms with Crippen LogP contribution in [0.3, 0.4) is 0 Å². The Bertz CT molecular complexity index is 598. The topological polar surface area (TPSA) is 58.2 Å². The van der Waals surface area contributed by atoms with Crippen LogP contribution >= 0.6 is 0 Å². The monoisotopic (exact) mass is 308 g/mol. The van der Waals surface area contributed by atoms with Crippen LogP contribution in [0, 0.1) is 0 Å². The number of hydrogen-bond acceptors (Lipinski definition) is 2. The van der Waals surface area contributed by atoms with Gasteiger partial charge in [-0.15, -0.1) is 0 Å². The molecule has 4 nitrogen and oxygen atoms in total. The Morgan fingerprint density at radius 2 is 1.52 bits per heavy atom. The second-order valence-corrected chi connectivity index (χ2v) is 6.03. The first-order valence-electron chi connectivity index (χ1n) is 7.00. The fourth-order valence-electron chi connectivity index (χ4n) is 1.72. The van der Waals surface area contributed by atoms with E-state index < -0.39 is 10.1 Å². The van der Waals surface area contributed by atoms with Crippen molar-refractivity contribution in [2.45, 2.75) is 37.6 Å². The van der Waals surface area contributed by atoms with Crippen molar-refractivity contribution < 1.29 is 17.5 Å². The Hall–Kier alpha value is -1.72. The molecular formula is C16H22NO3S+. The quantitative estimate of drug-likeness (QED) is 0.524. The highest BCUT2D eigenvalue weighted by molar-refractivity contribution is 7.85. The van der Waals surface area contributed by atoms with Gasteiger partial charge in [-0.3, -0.25) is 4.55 Å². The molecule has 0 unspecified atom stereocenters. The van der Waals surface area contributed by atoms with Crippen LogP contribution < -0.4 is 4.57 Å². The minimum Gasteiger partial charge on any atom is -0.282 e. The smallest absolute Gasteiger partial charge is 0.282 e. The van der Waals surface area contributed by atoms with Crippen LogP contribution in [0.15, 0.2) is 65.8 Å². The normalized spacial score (nSPS) is 10.6. The zero-order valence-corrected chi connectivity index (χ0v) is 13.0. The third kappa shape index (κ3) is 7.58. The third-order valence-corrected chi connectivity index (χ3v) is 3.71. The molecule has 0 aliphatic rings. The SMILES string of the molecule is CCCCC[n+]1ccccc1.O=S(=O)(O)c1ccccc1. The van der Waals surface area contributed by atoms with Gasteiger partial charge in [0.2, 0.25) is 0 Å². The number of pyridine rings is 1. The Kier molecular flexibility index (Phi) is 7.64. The maximum Gasteiger partial charge on any atom is 0.294 e. The first-order valence-corrected chi connectivity index (χ1v) is 8.44. The van der Waals surface area contributed by atoms with Gasteiger partial charge >= 0.3 is 0 Å². The summed E-state index contributed by atoms with van der Waals surface area (Å²) < 4.78 is 31.5. The molecule has 5 heteroatoms. The molecule has 1 aromatic carbocycles. The van der Waals surface area contributed by atoms with Gasteiger partial charge in [0.25, 0.3) is 10.1 Å². The van der Waals surface area contributed by atoms with Crippen molar-refractivity contribution >= 4 is 10.1 Å². The lowest BCUT2D eigenvalue weighted by Gasteiger charge is -1.93. The van der Waals surface area contributed by atoms with Crippen LogP contribution in [0.5, 0.6) is 0 Å². The van der Waals surface area contributed by atoms with Crippen molar-refractivity contribution in [2.24, 2.45) is 0 Å². The Balaban J connectivity index is 0.000000211. The average molecular weight is 308 g/mol. The molecule has 1 aromatic heterocycles. The molecule has 1 heterocycles. The number of nitrogens with zero attached hydrogens (tertiary/aromatic N) is 1. The molecule has 114 valence electrons. The summed E-state index contributed by atoms with van der Waals surface area (Å²) >= 11 is 0. The molecular weight excluding hydrogens is 286 g/mol. The molecule has 0 saturated carbocycles. The highest BCUT2D eigenvalue weighted by Crippen LogP contribution is 2.05. The Labute approximate surface area is 126 Å². The van der Waals surface area contributed by atoms with E-state index >= 15 is 0 Å². The first-order chi connectivity index (χ1) is 10.0. The molecule has 2 aromatic rings. The van der Waals surface area contributed by atoms with Crippen LogP contribution in [0.4, 0.5) is 0 Å². The van der Waals surface area contributed by atoms with Gasteiger partial charge in [0.1, 0.15) is 6.54 Å². The van der Waals surface area contributed by atoms with Crippen molar-refractivity contribution in [2.75, 3.05) is 0 Å². The summed E-state index contributed by atoms with van der Waals surface area (Å²) in [5.74, 6) is 0. The van der Waals surface area contributed by atoms with Gasteiger partial charge in [-0.25, -0.2) is 4.57 Å². The lowest BCUT2D eigenvalue weighted by molar-refractivity contribution is -0.697. The summed E-state index contributed by atoms with van der Waals surface area (Å²) in [6.45, 7) is 3.39. The van der Waals surface area contributed by atoms with Gasteiger partial charge in [-0.1, -0.05) is 37.6 Å². The van der Waals surface area contributed by atoms with E-state index in [1.54, 1.807) is 18.2 Å². The molecule has 0 atom stereocenters. The predicted molar refractivity (Wildman–Crippen MR) is 82.4 cm³/mol. The van der Waals surface area contributed by atoms with E-state index in [9.17, 15) is 8.42 Å². The lowest BCUT2D eigenvalue weighted by Crippen LogP contribution is -2.31. The maximum atomic E-state index is 10.4. The number of hydrogen-bond donors (Lipinski definition) is 1. The zero-order chi connectivity index (χ0) is 15.6. The van der Waals surface area contributed by atoms with Crippen molar-refractivity contribution in [3.63, 3.8) is 0 Å². The van der Waals surface area contributed by atoms with Gasteiger partial charge in [0.15, 0.2) is 12.4 Å². The van der Waals surface area contributed by atoms with E-state index in [2.05, 4.69) is 42.1 Å². The Morgan fingerprint density at radius 1 is 0.952 bits per heavy atom. The molecule has 0 aliphatic heterocycles. The molecule has 0 fully saturated rings. The molecule has 0 saturated heterocycles. The molecule has 0 amide bonds. The predicted octanol–water partition coefficient (Wildman–Crippen LogP) is 3.10. The van der Waals surface area contributed by atoms with E-state index in [-0.39, 0.29) is 4.90 Å². The van der Waals surface area contributed by atoms with Gasteiger partial charge in [0.05, 0.1) is 4.90 Å². The number of unbranched alkanes of at least 4 members (excludes halogenated alkanes) is 2. The molecule has 21 heavy (non-hydrogen) atoms. The van der Waals surface area contributed by atoms with Crippen molar-refractivity contribution in [3.8, 4) is 0 Å². The van der Waals surface area contributed by atoms with E-state index in [1.165, 1.54) is 31.4 Å². The summed E-state index contributed by atoms with van der Waals surface area (Å²) in [5.41, 5.74) is 0. The van der Waals surface area contributed by atoms with Crippen molar-refractivity contribution in [1.82, 2.24) is 0 Å². The van der Waals surface area contributed by atoms with Crippen LogP contribution in [-0.2, 0) is 16.7 Å². The van der Waals surface area contributed by atoms with Crippen LogP contribution in [0.25, 0.3) is 0 Å². The summed E-state index contributed by atoms with van der Waals surface area (Å²) in [5, 5.41) is 0. The van der Waals surface area contributed by atoms with Crippen molar-refractivity contribution in [3.05, 3.63) is 60.9 Å². The molecule has 2 rings (SSSR count). The maximum absolute atomic E-state index is 10.4. The Morgan fingerprint density at radius 3 is 2.00 bits per heavy atom. The van der Waals surface area contributed by atoms with Gasteiger partial charge in [0, 0.05) is 18.6 Å². The molecule has 0 spiro atoms. The molecule has 1 N–H and O–H groups in total. The lowest BCUT2D eigenvalue weighted by atomic mass is 10.2. The minimum atomic E-state index is -4.00. The van der Waals surface area contributed by atoms with E-state index in [0.29, 0.717) is 0 Å². The summed E-state index contributed by atoms with van der Waals surface area (Å²) in [6.07, 6.45) is 8.17. The number of aryl methyl sites for hydroxylation is 1. The largest absolute Gasteiger partial charge is 0.294 e. The summed E-state index contributed by atoms with van der Waals surface area (Å²) in [4.78, 5) is -0.0741. The molecule has 0 bridgehead atoms. The average Bonchev–Trinajstić information content (AvgIpc) is 2.49. The van der Waals surface area contributed by atoms with E-state index in [4.69, 9.17) is 4.55 Å². The standard InChI is InChI=1S/C10H16N.C6H6O3S/c1-2-3-5-8-11-9-6-4-7-10-11;7-10(8,9)6-4-2-1-3-5-6/h4,6-7,9-10H,2-3,5,8H2,1H3;1-5H,(H,7,8,9)/q+1;. The van der Waals surface area contributed by atoms with Crippen LogP contribution in [-0.4, -0.2) is 13.0 Å². The number of aromatic nitrogens is 1. The van der Waals surface area contributed by atoms with E-state index in [0.717, 1.165) is 6.54 Å². The fraction of sp³-hybridized carbons (Fsp3) is 0.312. The zero-order valence-electron chi connectivity index (χ0n) is 12.2. The highest BCUT2D eigenvalue weighted by Gasteiger charge is 2.05. The number of rotatable bonds is 5. The number of benzene rings is 1. The highest BCUT2D eigenvalue weighted by atomic mass is 32.2. The van der Waals surface area contributed by atoms with Crippen molar-refractivity contribution in [1.29, 1.82) is 0 Å². The summed E-state index contributed by atoms with van der Waals surface area (Å²) in [7, 11) is -4.00. The first kappa shape index (κ1) is 17.3. The molecule has 0 aliphatic carbocycles. The van der Waals surface area contributed by atoms with E-state index in [1.807, 2.05) is 0 Å². The van der Waals surface area contributed by atoms with Crippen LogP contribution in [0.1, 0.15) is 26.2 Å². The fourth-order valence-corrected chi connectivity index (χ4v) is 2.22. The van der Waals surface area contributed by atoms with Crippen LogP contribution in [0.2, 0.25) is 0 Å². The van der Waals surface area contributed by atoms with Gasteiger partial charge < -0.3 is 0 Å². The second-order valence-electron chi connectivity index (χ2n) is 4.61.